The summed E-state index contributed by atoms with van der Waals surface area (Å²) in [7, 11) is 0. The minimum absolute atomic E-state index is 0.0874. The lowest BCUT2D eigenvalue weighted by Crippen LogP contribution is -2.06. The zero-order valence-corrected chi connectivity index (χ0v) is 9.41. The Labute approximate surface area is 102 Å². The van der Waals surface area contributed by atoms with Crippen LogP contribution >= 0.6 is 0 Å². The number of benzene rings is 1. The number of carbonyl (C=O) groups is 1. The molecule has 0 atom stereocenters. The molecular weight excluding hydrogens is 238 g/mol. The van der Waals surface area contributed by atoms with Crippen molar-refractivity contribution in [3.8, 4) is 11.3 Å². The smallest absolute Gasteiger partial charge is 0.330 e. The number of aromatic nitrogens is 1. The van der Waals surface area contributed by atoms with Gasteiger partial charge >= 0.3 is 11.6 Å². The first-order valence-electron chi connectivity index (χ1n) is 5.06. The number of nitrogens with zero attached hydrogens (tertiary/aromatic N) is 2. The largest absolute Gasteiger partial charge is 0.361 e. The number of amides is 1. The SMILES string of the molecule is CC(=O)Nc1onc(-c2ccccc2)c1[N+](=O)[O-]. The molecule has 0 unspecified atom stereocenters. The van der Waals surface area contributed by atoms with Crippen LogP contribution in [0.4, 0.5) is 11.6 Å². The summed E-state index contributed by atoms with van der Waals surface area (Å²) in [6.07, 6.45) is 0. The van der Waals surface area contributed by atoms with E-state index in [1.54, 1.807) is 30.3 Å². The van der Waals surface area contributed by atoms with Crippen molar-refractivity contribution in [1.82, 2.24) is 5.16 Å². The van der Waals surface area contributed by atoms with Crippen molar-refractivity contribution < 1.29 is 14.2 Å². The Morgan fingerprint density at radius 2 is 2.06 bits per heavy atom. The van der Waals surface area contributed by atoms with Gasteiger partial charge in [-0.3, -0.25) is 20.2 Å². The molecule has 7 heteroatoms. The fourth-order valence-corrected chi connectivity index (χ4v) is 1.48. The van der Waals surface area contributed by atoms with E-state index in [9.17, 15) is 14.9 Å². The van der Waals surface area contributed by atoms with Gasteiger partial charge in [0.15, 0.2) is 5.69 Å². The van der Waals surface area contributed by atoms with E-state index >= 15 is 0 Å². The monoisotopic (exact) mass is 247 g/mol. The lowest BCUT2D eigenvalue weighted by atomic mass is 10.1. The predicted molar refractivity (Wildman–Crippen MR) is 62.9 cm³/mol. The van der Waals surface area contributed by atoms with Crippen molar-refractivity contribution in [2.75, 3.05) is 5.32 Å². The molecule has 1 N–H and O–H groups in total. The molecule has 0 aliphatic carbocycles. The van der Waals surface area contributed by atoms with Gasteiger partial charge in [-0.15, -0.1) is 0 Å². The molecule has 0 fully saturated rings. The second-order valence-electron chi connectivity index (χ2n) is 3.51. The molecule has 1 heterocycles. The van der Waals surface area contributed by atoms with Crippen LogP contribution in [-0.2, 0) is 4.79 Å². The number of hydrogen-bond acceptors (Lipinski definition) is 5. The van der Waals surface area contributed by atoms with E-state index in [4.69, 9.17) is 4.52 Å². The molecule has 18 heavy (non-hydrogen) atoms. The van der Waals surface area contributed by atoms with Crippen molar-refractivity contribution in [3.63, 3.8) is 0 Å². The standard InChI is InChI=1S/C11H9N3O4/c1-7(15)12-11-10(14(16)17)9(13-18-11)8-5-3-2-4-6-8/h2-6H,1H3,(H,12,15). The van der Waals surface area contributed by atoms with Gasteiger partial charge in [0.2, 0.25) is 5.91 Å². The van der Waals surface area contributed by atoms with Crippen LogP contribution in [0.15, 0.2) is 34.9 Å². The molecule has 1 amide bonds. The Bertz CT molecular complexity index is 592. The first-order valence-corrected chi connectivity index (χ1v) is 5.06. The molecule has 92 valence electrons. The van der Waals surface area contributed by atoms with Crippen molar-refractivity contribution in [3.05, 3.63) is 40.4 Å². The topological polar surface area (TPSA) is 98.3 Å². The van der Waals surface area contributed by atoms with Gasteiger partial charge in [0.1, 0.15) is 0 Å². The molecule has 7 nitrogen and oxygen atoms in total. The molecule has 0 spiro atoms. The van der Waals surface area contributed by atoms with Gasteiger partial charge in [-0.2, -0.15) is 0 Å². The highest BCUT2D eigenvalue weighted by Crippen LogP contribution is 2.35. The number of carbonyl (C=O) groups excluding carboxylic acids is 1. The molecule has 2 aromatic rings. The number of anilines is 1. The molecule has 0 saturated heterocycles. The summed E-state index contributed by atoms with van der Waals surface area (Å²) in [6.45, 7) is 1.23. The van der Waals surface area contributed by atoms with E-state index in [0.717, 1.165) is 0 Å². The van der Waals surface area contributed by atoms with E-state index in [1.807, 2.05) is 0 Å². The normalized spacial score (nSPS) is 10.1. The van der Waals surface area contributed by atoms with Crippen LogP contribution in [-0.4, -0.2) is 16.0 Å². The molecule has 2 rings (SSSR count). The zero-order chi connectivity index (χ0) is 13.1. The summed E-state index contributed by atoms with van der Waals surface area (Å²) in [5.41, 5.74) is 0.283. The Morgan fingerprint density at radius 3 is 2.61 bits per heavy atom. The van der Waals surface area contributed by atoms with Gasteiger partial charge in [-0.1, -0.05) is 35.5 Å². The van der Waals surface area contributed by atoms with Crippen LogP contribution in [0.3, 0.4) is 0 Å². The maximum absolute atomic E-state index is 11.0. The molecule has 0 bridgehead atoms. The summed E-state index contributed by atoms with van der Waals surface area (Å²) >= 11 is 0. The maximum atomic E-state index is 11.0. The quantitative estimate of drug-likeness (QED) is 0.662. The van der Waals surface area contributed by atoms with Gasteiger partial charge in [-0.05, 0) is 0 Å². The lowest BCUT2D eigenvalue weighted by Gasteiger charge is -1.96. The average molecular weight is 247 g/mol. The van der Waals surface area contributed by atoms with Crippen LogP contribution in [0, 0.1) is 10.1 Å². The highest BCUT2D eigenvalue weighted by molar-refractivity contribution is 5.91. The van der Waals surface area contributed by atoms with E-state index in [-0.39, 0.29) is 17.3 Å². The summed E-state index contributed by atoms with van der Waals surface area (Å²) in [4.78, 5) is 21.3. The number of hydrogen-bond donors (Lipinski definition) is 1. The maximum Gasteiger partial charge on any atom is 0.361 e. The van der Waals surface area contributed by atoms with Gasteiger partial charge in [0.25, 0.3) is 0 Å². The van der Waals surface area contributed by atoms with E-state index < -0.39 is 10.8 Å². The Kier molecular flexibility index (Phi) is 3.05. The van der Waals surface area contributed by atoms with Gasteiger partial charge in [-0.25, -0.2) is 0 Å². The fraction of sp³-hybridized carbons (Fsp3) is 0.0909. The summed E-state index contributed by atoms with van der Waals surface area (Å²) in [6, 6.07) is 8.58. The average Bonchev–Trinajstić information content (AvgIpc) is 2.73. The van der Waals surface area contributed by atoms with Crippen molar-refractivity contribution in [2.24, 2.45) is 0 Å². The molecule has 0 aliphatic rings. The first kappa shape index (κ1) is 11.8. The third-order valence-corrected chi connectivity index (χ3v) is 2.19. The molecule has 0 aliphatic heterocycles. The molecule has 1 aromatic heterocycles. The minimum atomic E-state index is -0.635. The predicted octanol–water partition coefficient (Wildman–Crippen LogP) is 2.21. The molecule has 1 aromatic carbocycles. The van der Waals surface area contributed by atoms with Gasteiger partial charge in [0, 0.05) is 12.5 Å². The Morgan fingerprint density at radius 1 is 1.39 bits per heavy atom. The second-order valence-corrected chi connectivity index (χ2v) is 3.51. The number of rotatable bonds is 3. The summed E-state index contributed by atoms with van der Waals surface area (Å²) in [5, 5.41) is 16.9. The number of nitro groups is 1. The second kappa shape index (κ2) is 4.66. The molecule has 0 saturated carbocycles. The zero-order valence-electron chi connectivity index (χ0n) is 9.41. The van der Waals surface area contributed by atoms with Crippen LogP contribution in [0.2, 0.25) is 0 Å². The Hall–Kier alpha value is -2.70. The van der Waals surface area contributed by atoms with Crippen LogP contribution in [0.5, 0.6) is 0 Å². The van der Waals surface area contributed by atoms with E-state index in [2.05, 4.69) is 10.5 Å². The molecule has 0 radical (unpaired) electrons. The van der Waals surface area contributed by atoms with Crippen LogP contribution in [0.25, 0.3) is 11.3 Å². The first-order chi connectivity index (χ1) is 8.59. The highest BCUT2D eigenvalue weighted by Gasteiger charge is 2.28. The third-order valence-electron chi connectivity index (χ3n) is 2.19. The molecular formula is C11H9N3O4. The summed E-state index contributed by atoms with van der Waals surface area (Å²) < 4.78 is 4.80. The fourth-order valence-electron chi connectivity index (χ4n) is 1.48. The van der Waals surface area contributed by atoms with Gasteiger partial charge < -0.3 is 4.52 Å². The van der Waals surface area contributed by atoms with Crippen LogP contribution in [0.1, 0.15) is 6.92 Å². The van der Waals surface area contributed by atoms with Crippen molar-refractivity contribution >= 4 is 17.5 Å². The van der Waals surface area contributed by atoms with Crippen LogP contribution < -0.4 is 5.32 Å². The lowest BCUT2D eigenvalue weighted by molar-refractivity contribution is -0.383. The van der Waals surface area contributed by atoms with E-state index in [0.29, 0.717) is 5.56 Å². The third kappa shape index (κ3) is 2.19. The Balaban J connectivity index is 2.52. The van der Waals surface area contributed by atoms with Crippen molar-refractivity contribution in [1.29, 1.82) is 0 Å². The van der Waals surface area contributed by atoms with E-state index in [1.165, 1.54) is 6.92 Å². The highest BCUT2D eigenvalue weighted by atomic mass is 16.6. The van der Waals surface area contributed by atoms with Gasteiger partial charge in [0.05, 0.1) is 4.92 Å². The summed E-state index contributed by atoms with van der Waals surface area (Å²) in [5.74, 6) is -0.722. The number of nitrogens with one attached hydrogen (secondary N) is 1. The minimum Gasteiger partial charge on any atom is -0.330 e. The van der Waals surface area contributed by atoms with Crippen molar-refractivity contribution in [2.45, 2.75) is 6.92 Å².